The first-order valence-electron chi connectivity index (χ1n) is 2.07. The highest BCUT2D eigenvalue weighted by molar-refractivity contribution is 14.1. The highest BCUT2D eigenvalue weighted by Crippen LogP contribution is 2.04. The molecule has 0 spiro atoms. The lowest BCUT2D eigenvalue weighted by Crippen LogP contribution is -1.82. The van der Waals surface area contributed by atoms with E-state index in [9.17, 15) is 4.39 Å². The Kier molecular flexibility index (Phi) is 3.64. The molecule has 0 aliphatic carbocycles. The molecule has 0 aliphatic rings. The first-order valence-corrected chi connectivity index (χ1v) is 3.14. The number of nitrogens with zero attached hydrogens (tertiary/aromatic N) is 1. The van der Waals surface area contributed by atoms with Crippen molar-refractivity contribution in [3.63, 3.8) is 0 Å². The molecular formula is C5H6FIN2. The van der Waals surface area contributed by atoms with Crippen LogP contribution in [-0.4, -0.2) is 4.98 Å². The Balaban J connectivity index is 0.000000640. The van der Waals surface area contributed by atoms with Gasteiger partial charge in [-0.05, 0) is 34.7 Å². The van der Waals surface area contributed by atoms with Crippen molar-refractivity contribution < 1.29 is 4.39 Å². The van der Waals surface area contributed by atoms with Crippen molar-refractivity contribution in [2.75, 3.05) is 0 Å². The first-order chi connectivity index (χ1) is 3.80. The van der Waals surface area contributed by atoms with Crippen LogP contribution in [0.15, 0.2) is 18.3 Å². The van der Waals surface area contributed by atoms with Crippen LogP contribution in [-0.2, 0) is 0 Å². The van der Waals surface area contributed by atoms with Gasteiger partial charge < -0.3 is 6.15 Å². The fourth-order valence-corrected chi connectivity index (χ4v) is 0.713. The van der Waals surface area contributed by atoms with Crippen LogP contribution in [0.2, 0.25) is 0 Å². The summed E-state index contributed by atoms with van der Waals surface area (Å²) >= 11 is 1.89. The van der Waals surface area contributed by atoms with Gasteiger partial charge in [0.15, 0.2) is 0 Å². The maximum absolute atomic E-state index is 12.2. The van der Waals surface area contributed by atoms with Gasteiger partial charge in [-0.25, -0.2) is 4.98 Å². The largest absolute Gasteiger partial charge is 0.344 e. The van der Waals surface area contributed by atoms with Gasteiger partial charge in [-0.3, -0.25) is 0 Å². The van der Waals surface area contributed by atoms with Gasteiger partial charge >= 0.3 is 0 Å². The second kappa shape index (κ2) is 3.73. The summed E-state index contributed by atoms with van der Waals surface area (Å²) in [7, 11) is 0. The first kappa shape index (κ1) is 8.77. The Hall–Kier alpha value is -0.230. The topological polar surface area (TPSA) is 47.9 Å². The van der Waals surface area contributed by atoms with Gasteiger partial charge in [0.1, 0.15) is 0 Å². The van der Waals surface area contributed by atoms with Crippen LogP contribution < -0.4 is 6.15 Å². The minimum Gasteiger partial charge on any atom is -0.344 e. The molecule has 1 aromatic rings. The summed E-state index contributed by atoms with van der Waals surface area (Å²) in [5.41, 5.74) is 0. The molecule has 0 saturated carbocycles. The molecule has 0 fully saturated rings. The Morgan fingerprint density at radius 3 is 2.56 bits per heavy atom. The molecule has 0 saturated heterocycles. The van der Waals surface area contributed by atoms with Gasteiger partial charge in [0.2, 0.25) is 5.95 Å². The van der Waals surface area contributed by atoms with Crippen molar-refractivity contribution in [1.82, 2.24) is 11.1 Å². The number of pyridine rings is 1. The van der Waals surface area contributed by atoms with E-state index >= 15 is 0 Å². The van der Waals surface area contributed by atoms with E-state index in [1.807, 2.05) is 22.6 Å². The van der Waals surface area contributed by atoms with E-state index in [-0.39, 0.29) is 6.15 Å². The smallest absolute Gasteiger partial charge is 0.226 e. The van der Waals surface area contributed by atoms with Crippen LogP contribution in [0.3, 0.4) is 0 Å². The van der Waals surface area contributed by atoms with Crippen molar-refractivity contribution in [3.8, 4) is 0 Å². The maximum atomic E-state index is 12.2. The van der Waals surface area contributed by atoms with Crippen molar-refractivity contribution in [2.24, 2.45) is 0 Å². The third-order valence-electron chi connectivity index (χ3n) is 0.714. The van der Waals surface area contributed by atoms with E-state index in [0.29, 0.717) is 3.57 Å². The SMILES string of the molecule is Fc1ncccc1I.N. The quantitative estimate of drug-likeness (QED) is 0.556. The number of hydrogen-bond acceptors (Lipinski definition) is 2. The Morgan fingerprint density at radius 2 is 2.22 bits per heavy atom. The highest BCUT2D eigenvalue weighted by Gasteiger charge is 1.92. The van der Waals surface area contributed by atoms with Gasteiger partial charge in [-0.15, -0.1) is 0 Å². The Bertz CT molecular complexity index is 171. The second-order valence-corrected chi connectivity index (χ2v) is 2.44. The monoisotopic (exact) mass is 240 g/mol. The fourth-order valence-electron chi connectivity index (χ4n) is 0.366. The molecule has 50 valence electrons. The molecule has 1 aromatic heterocycles. The molecule has 0 bridgehead atoms. The third kappa shape index (κ3) is 2.23. The molecule has 3 N–H and O–H groups in total. The molecule has 0 atom stereocenters. The fraction of sp³-hybridized carbons (Fsp3) is 0. The molecule has 0 unspecified atom stereocenters. The zero-order valence-corrected chi connectivity index (χ0v) is 6.80. The van der Waals surface area contributed by atoms with E-state index in [2.05, 4.69) is 4.98 Å². The summed E-state index contributed by atoms with van der Waals surface area (Å²) in [4.78, 5) is 3.40. The van der Waals surface area contributed by atoms with E-state index in [0.717, 1.165) is 0 Å². The number of aromatic nitrogens is 1. The lowest BCUT2D eigenvalue weighted by Gasteiger charge is -1.86. The van der Waals surface area contributed by atoms with Crippen molar-refractivity contribution in [1.29, 1.82) is 0 Å². The highest BCUT2D eigenvalue weighted by atomic mass is 127. The molecule has 1 rings (SSSR count). The van der Waals surface area contributed by atoms with E-state index in [4.69, 9.17) is 0 Å². The minimum absolute atomic E-state index is 0. The Labute approximate surface area is 66.2 Å². The zero-order chi connectivity index (χ0) is 5.98. The molecular weight excluding hydrogens is 234 g/mol. The number of rotatable bonds is 0. The minimum atomic E-state index is -0.395. The summed E-state index contributed by atoms with van der Waals surface area (Å²) in [5.74, 6) is -0.395. The molecule has 4 heteroatoms. The van der Waals surface area contributed by atoms with Gasteiger partial charge in [0, 0.05) is 6.20 Å². The van der Waals surface area contributed by atoms with Crippen molar-refractivity contribution in [3.05, 3.63) is 27.8 Å². The van der Waals surface area contributed by atoms with Crippen LogP contribution in [0.1, 0.15) is 0 Å². The van der Waals surface area contributed by atoms with Crippen LogP contribution in [0.5, 0.6) is 0 Å². The molecule has 2 nitrogen and oxygen atoms in total. The predicted molar refractivity (Wildman–Crippen MR) is 41.9 cm³/mol. The van der Waals surface area contributed by atoms with Gasteiger partial charge in [0.05, 0.1) is 3.57 Å². The van der Waals surface area contributed by atoms with Crippen LogP contribution in [0.25, 0.3) is 0 Å². The van der Waals surface area contributed by atoms with E-state index in [1.54, 1.807) is 12.1 Å². The summed E-state index contributed by atoms with van der Waals surface area (Å²) in [6, 6.07) is 3.37. The predicted octanol–water partition coefficient (Wildman–Crippen LogP) is 1.99. The molecule has 9 heavy (non-hydrogen) atoms. The normalized spacial score (nSPS) is 8.22. The lowest BCUT2D eigenvalue weighted by atomic mass is 10.5. The maximum Gasteiger partial charge on any atom is 0.226 e. The molecule has 0 radical (unpaired) electrons. The van der Waals surface area contributed by atoms with Gasteiger partial charge in [-0.2, -0.15) is 4.39 Å². The molecule has 1 heterocycles. The molecule has 0 aromatic carbocycles. The van der Waals surface area contributed by atoms with Crippen LogP contribution in [0, 0.1) is 9.52 Å². The summed E-state index contributed by atoms with van der Waals surface area (Å²) < 4.78 is 12.8. The van der Waals surface area contributed by atoms with Gasteiger partial charge in [0.25, 0.3) is 0 Å². The average Bonchev–Trinajstić information content (AvgIpc) is 1.77. The summed E-state index contributed by atoms with van der Waals surface area (Å²) in [6.45, 7) is 0. The van der Waals surface area contributed by atoms with Crippen LogP contribution >= 0.6 is 22.6 Å². The zero-order valence-electron chi connectivity index (χ0n) is 4.64. The Morgan fingerprint density at radius 1 is 1.56 bits per heavy atom. The molecule has 0 aliphatic heterocycles. The van der Waals surface area contributed by atoms with Crippen molar-refractivity contribution in [2.45, 2.75) is 0 Å². The summed E-state index contributed by atoms with van der Waals surface area (Å²) in [5, 5.41) is 0. The van der Waals surface area contributed by atoms with Crippen LogP contribution in [0.4, 0.5) is 4.39 Å². The summed E-state index contributed by atoms with van der Waals surface area (Å²) in [6.07, 6.45) is 1.43. The molecule has 0 amide bonds. The lowest BCUT2D eigenvalue weighted by molar-refractivity contribution is 0.576. The van der Waals surface area contributed by atoms with E-state index in [1.165, 1.54) is 6.20 Å². The van der Waals surface area contributed by atoms with Crippen molar-refractivity contribution >= 4 is 22.6 Å². The second-order valence-electron chi connectivity index (χ2n) is 1.28. The number of hydrogen-bond donors (Lipinski definition) is 1. The van der Waals surface area contributed by atoms with Gasteiger partial charge in [-0.1, -0.05) is 0 Å². The standard InChI is InChI=1S/C5H3FIN.H3N/c6-5-4(7)2-1-3-8-5;/h1-3H;1H3. The van der Waals surface area contributed by atoms with E-state index < -0.39 is 5.95 Å². The average molecular weight is 240 g/mol. The number of halogens is 2. The third-order valence-corrected chi connectivity index (χ3v) is 1.52.